The number of fused-ring (bicyclic) bond motifs is 2. The van der Waals surface area contributed by atoms with Gasteiger partial charge in [0.1, 0.15) is 11.0 Å². The fourth-order valence-electron chi connectivity index (χ4n) is 4.41. The highest BCUT2D eigenvalue weighted by Gasteiger charge is 2.63. The predicted octanol–water partition coefficient (Wildman–Crippen LogP) is 2.14. The van der Waals surface area contributed by atoms with Gasteiger partial charge in [0.2, 0.25) is 0 Å². The van der Waals surface area contributed by atoms with Crippen LogP contribution in [0.3, 0.4) is 0 Å². The number of hydrogen-bond donors (Lipinski definition) is 2. The van der Waals surface area contributed by atoms with Gasteiger partial charge in [-0.25, -0.2) is 0 Å². The zero-order valence-electron chi connectivity index (χ0n) is 13.8. The number of benzene rings is 1. The standard InChI is InChI=1S/C19H22N2O3/c1-3-18-11-20-9-8-15(18)19(12-24-18,17(22)23-2)16-10-13-6-4-5-7-14(13)21-16/h3-7,10,15,20-21H,1,8-9,11-12H2,2H3/t15-,18+,19-/m0/s1. The van der Waals surface area contributed by atoms with E-state index in [0.29, 0.717) is 13.2 Å². The Morgan fingerprint density at radius 1 is 1.46 bits per heavy atom. The third-order valence-corrected chi connectivity index (χ3v) is 5.67. The number of carbonyl (C=O) groups excluding carboxylic acids is 1. The molecular weight excluding hydrogens is 304 g/mol. The number of piperidine rings is 1. The minimum absolute atomic E-state index is 0.00994. The van der Waals surface area contributed by atoms with Crippen LogP contribution in [0.1, 0.15) is 12.1 Å². The molecule has 3 heterocycles. The number of rotatable bonds is 3. The molecule has 126 valence electrons. The average molecular weight is 326 g/mol. The van der Waals surface area contributed by atoms with E-state index in [0.717, 1.165) is 29.6 Å². The van der Waals surface area contributed by atoms with E-state index in [1.54, 1.807) is 0 Å². The predicted molar refractivity (Wildman–Crippen MR) is 91.8 cm³/mol. The molecule has 0 bridgehead atoms. The number of carbonyl (C=O) groups is 1. The molecule has 2 aliphatic rings. The fraction of sp³-hybridized carbons (Fsp3) is 0.421. The van der Waals surface area contributed by atoms with Gasteiger partial charge >= 0.3 is 5.97 Å². The summed E-state index contributed by atoms with van der Waals surface area (Å²) in [7, 11) is 1.45. The summed E-state index contributed by atoms with van der Waals surface area (Å²) in [5.74, 6) is -0.256. The average Bonchev–Trinajstić information content (AvgIpc) is 3.21. The van der Waals surface area contributed by atoms with Gasteiger partial charge in [0.25, 0.3) is 0 Å². The Kier molecular flexibility index (Phi) is 3.51. The smallest absolute Gasteiger partial charge is 0.320 e. The minimum atomic E-state index is -0.829. The minimum Gasteiger partial charge on any atom is -0.468 e. The summed E-state index contributed by atoms with van der Waals surface area (Å²) in [6.45, 7) is 5.79. The number of methoxy groups -OCH3 is 1. The summed E-state index contributed by atoms with van der Waals surface area (Å²) in [4.78, 5) is 16.4. The van der Waals surface area contributed by atoms with Crippen LogP contribution in [0.5, 0.6) is 0 Å². The maximum atomic E-state index is 12.9. The third kappa shape index (κ3) is 1.91. The van der Waals surface area contributed by atoms with Crippen LogP contribution < -0.4 is 5.32 Å². The van der Waals surface area contributed by atoms with Crippen molar-refractivity contribution in [3.8, 4) is 0 Å². The van der Waals surface area contributed by atoms with E-state index in [1.807, 2.05) is 30.3 Å². The second kappa shape index (κ2) is 5.46. The quantitative estimate of drug-likeness (QED) is 0.670. The Hall–Kier alpha value is -2.11. The maximum Gasteiger partial charge on any atom is 0.320 e. The summed E-state index contributed by atoms with van der Waals surface area (Å²) in [5.41, 5.74) is 0.514. The van der Waals surface area contributed by atoms with Gasteiger partial charge in [0.15, 0.2) is 0 Å². The molecular formula is C19H22N2O3. The number of aromatic nitrogens is 1. The maximum absolute atomic E-state index is 12.9. The van der Waals surface area contributed by atoms with E-state index in [2.05, 4.69) is 22.9 Å². The lowest BCUT2D eigenvalue weighted by atomic mass is 9.65. The van der Waals surface area contributed by atoms with Crippen molar-refractivity contribution in [1.82, 2.24) is 10.3 Å². The molecule has 0 spiro atoms. The largest absolute Gasteiger partial charge is 0.468 e. The lowest BCUT2D eigenvalue weighted by Crippen LogP contribution is -2.55. The van der Waals surface area contributed by atoms with Crippen LogP contribution in [0.15, 0.2) is 43.0 Å². The number of ether oxygens (including phenoxy) is 2. The van der Waals surface area contributed by atoms with Crippen LogP contribution in [-0.4, -0.2) is 43.4 Å². The van der Waals surface area contributed by atoms with Crippen molar-refractivity contribution in [2.75, 3.05) is 26.8 Å². The molecule has 1 aromatic carbocycles. The molecule has 0 unspecified atom stereocenters. The van der Waals surface area contributed by atoms with Crippen LogP contribution in [0.2, 0.25) is 0 Å². The normalized spacial score (nSPS) is 32.5. The third-order valence-electron chi connectivity index (χ3n) is 5.67. The summed E-state index contributed by atoms with van der Waals surface area (Å²) in [6.07, 6.45) is 2.67. The molecule has 5 heteroatoms. The first-order valence-electron chi connectivity index (χ1n) is 8.31. The number of hydrogen-bond acceptors (Lipinski definition) is 4. The SMILES string of the molecule is C=C[C@@]12CNCC[C@@H]1[C@](C(=O)OC)(c1cc3ccccc3[nH]1)CO2. The Bertz CT molecular complexity index is 766. The van der Waals surface area contributed by atoms with Gasteiger partial charge in [-0.2, -0.15) is 0 Å². The van der Waals surface area contributed by atoms with Gasteiger partial charge in [-0.1, -0.05) is 24.3 Å². The van der Waals surface area contributed by atoms with E-state index in [9.17, 15) is 4.79 Å². The molecule has 1 aromatic heterocycles. The monoisotopic (exact) mass is 326 g/mol. The van der Waals surface area contributed by atoms with Gasteiger partial charge in [-0.3, -0.25) is 4.79 Å². The second-order valence-corrected chi connectivity index (χ2v) is 6.70. The van der Waals surface area contributed by atoms with Crippen molar-refractivity contribution >= 4 is 16.9 Å². The van der Waals surface area contributed by atoms with Crippen molar-refractivity contribution in [3.63, 3.8) is 0 Å². The van der Waals surface area contributed by atoms with Crippen LogP contribution in [0.25, 0.3) is 10.9 Å². The molecule has 0 amide bonds. The number of H-pyrrole nitrogens is 1. The number of esters is 1. The van der Waals surface area contributed by atoms with Gasteiger partial charge in [0, 0.05) is 23.7 Å². The number of aromatic amines is 1. The molecule has 2 saturated heterocycles. The van der Waals surface area contributed by atoms with Crippen LogP contribution in [-0.2, 0) is 19.7 Å². The molecule has 2 aliphatic heterocycles. The highest BCUT2D eigenvalue weighted by molar-refractivity contribution is 5.88. The first kappa shape index (κ1) is 15.4. The van der Waals surface area contributed by atoms with Crippen molar-refractivity contribution < 1.29 is 14.3 Å². The fourth-order valence-corrected chi connectivity index (χ4v) is 4.41. The highest BCUT2D eigenvalue weighted by atomic mass is 16.5. The molecule has 3 atom stereocenters. The molecule has 0 saturated carbocycles. The Morgan fingerprint density at radius 3 is 3.04 bits per heavy atom. The summed E-state index contributed by atoms with van der Waals surface area (Å²) < 4.78 is 11.4. The molecule has 4 rings (SSSR count). The number of para-hydroxylation sites is 1. The molecule has 24 heavy (non-hydrogen) atoms. The summed E-state index contributed by atoms with van der Waals surface area (Å²) in [6, 6.07) is 10.1. The van der Waals surface area contributed by atoms with Crippen LogP contribution in [0.4, 0.5) is 0 Å². The van der Waals surface area contributed by atoms with Gasteiger partial charge in [-0.05, 0) is 30.5 Å². The molecule has 5 nitrogen and oxygen atoms in total. The zero-order valence-corrected chi connectivity index (χ0v) is 13.8. The van der Waals surface area contributed by atoms with E-state index in [1.165, 1.54) is 7.11 Å². The van der Waals surface area contributed by atoms with E-state index < -0.39 is 11.0 Å². The molecule has 2 N–H and O–H groups in total. The highest BCUT2D eigenvalue weighted by Crippen LogP contribution is 2.51. The first-order valence-corrected chi connectivity index (χ1v) is 8.31. The van der Waals surface area contributed by atoms with Crippen LogP contribution in [0, 0.1) is 5.92 Å². The van der Waals surface area contributed by atoms with Crippen LogP contribution >= 0.6 is 0 Å². The molecule has 2 fully saturated rings. The molecule has 2 aromatic rings. The Labute approximate surface area is 141 Å². The summed E-state index contributed by atoms with van der Waals surface area (Å²) in [5, 5.41) is 4.45. The van der Waals surface area contributed by atoms with Gasteiger partial charge in [0.05, 0.1) is 13.7 Å². The van der Waals surface area contributed by atoms with E-state index in [4.69, 9.17) is 9.47 Å². The topological polar surface area (TPSA) is 63.3 Å². The lowest BCUT2D eigenvalue weighted by Gasteiger charge is -2.41. The van der Waals surface area contributed by atoms with Gasteiger partial charge in [-0.15, -0.1) is 6.58 Å². The van der Waals surface area contributed by atoms with E-state index >= 15 is 0 Å². The molecule has 0 radical (unpaired) electrons. The Balaban J connectivity index is 1.90. The van der Waals surface area contributed by atoms with Gasteiger partial charge < -0.3 is 19.8 Å². The number of nitrogens with one attached hydrogen (secondary N) is 2. The van der Waals surface area contributed by atoms with Crippen molar-refractivity contribution in [2.45, 2.75) is 17.4 Å². The first-order chi connectivity index (χ1) is 11.7. The van der Waals surface area contributed by atoms with E-state index in [-0.39, 0.29) is 11.9 Å². The zero-order chi connectivity index (χ0) is 16.8. The van der Waals surface area contributed by atoms with Crippen molar-refractivity contribution in [3.05, 3.63) is 48.7 Å². The lowest BCUT2D eigenvalue weighted by molar-refractivity contribution is -0.149. The molecule has 0 aliphatic carbocycles. The van der Waals surface area contributed by atoms with Crippen molar-refractivity contribution in [2.24, 2.45) is 5.92 Å². The second-order valence-electron chi connectivity index (χ2n) is 6.70. The summed E-state index contributed by atoms with van der Waals surface area (Å²) >= 11 is 0. The Morgan fingerprint density at radius 2 is 2.29 bits per heavy atom. The van der Waals surface area contributed by atoms with Crippen molar-refractivity contribution in [1.29, 1.82) is 0 Å².